The lowest BCUT2D eigenvalue weighted by Crippen LogP contribution is -2.27. The van der Waals surface area contributed by atoms with Gasteiger partial charge in [0.25, 0.3) is 10.0 Å². The maximum atomic E-state index is 13.7. The third-order valence-electron chi connectivity index (χ3n) is 2.99. The van der Waals surface area contributed by atoms with E-state index in [0.29, 0.717) is 11.3 Å². The van der Waals surface area contributed by atoms with E-state index in [0.717, 1.165) is 10.4 Å². The number of hydrogen-bond donors (Lipinski definition) is 1. The minimum atomic E-state index is -3.96. The molecule has 0 spiro atoms. The first kappa shape index (κ1) is 15.4. The molecule has 0 amide bonds. The van der Waals surface area contributed by atoms with Crippen LogP contribution < -0.4 is 10.0 Å². The zero-order chi connectivity index (χ0) is 15.6. The summed E-state index contributed by atoms with van der Waals surface area (Å²) in [5, 5.41) is 0. The van der Waals surface area contributed by atoms with Gasteiger partial charge in [0, 0.05) is 12.6 Å². The molecule has 2 N–H and O–H groups in total. The number of thiocarbonyl (C=S) groups is 1. The van der Waals surface area contributed by atoms with E-state index in [1.165, 1.54) is 25.2 Å². The van der Waals surface area contributed by atoms with Gasteiger partial charge in [-0.05, 0) is 36.4 Å². The second kappa shape index (κ2) is 5.79. The molecule has 7 heteroatoms. The van der Waals surface area contributed by atoms with Crippen LogP contribution in [0.25, 0.3) is 0 Å². The standard InChI is InChI=1S/C14H13FN2O2S2/c1-17(11-8-6-10(7-9-11)14(16)20)21(18,19)13-5-3-2-4-12(13)15/h2-9H,1H3,(H2,16,20). The SMILES string of the molecule is CN(c1ccc(C(N)=S)cc1)S(=O)(=O)c1ccccc1F. The van der Waals surface area contributed by atoms with Crippen LogP contribution in [-0.4, -0.2) is 20.5 Å². The summed E-state index contributed by atoms with van der Waals surface area (Å²) in [4.78, 5) is -0.146. The predicted molar refractivity (Wildman–Crippen MR) is 84.3 cm³/mol. The molecule has 0 saturated heterocycles. The van der Waals surface area contributed by atoms with E-state index in [1.54, 1.807) is 24.3 Å². The van der Waals surface area contributed by atoms with Crippen LogP contribution in [0.2, 0.25) is 0 Å². The van der Waals surface area contributed by atoms with Crippen LogP contribution in [0.1, 0.15) is 5.56 Å². The van der Waals surface area contributed by atoms with Crippen LogP contribution in [0.15, 0.2) is 53.4 Å². The fraction of sp³-hybridized carbons (Fsp3) is 0.0714. The third kappa shape index (κ3) is 3.03. The van der Waals surface area contributed by atoms with E-state index >= 15 is 0 Å². The van der Waals surface area contributed by atoms with Crippen molar-refractivity contribution in [3.05, 3.63) is 59.9 Å². The minimum Gasteiger partial charge on any atom is -0.389 e. The summed E-state index contributed by atoms with van der Waals surface area (Å²) < 4.78 is 39.5. The molecular formula is C14H13FN2O2S2. The molecule has 0 saturated carbocycles. The van der Waals surface area contributed by atoms with Crippen LogP contribution in [0.5, 0.6) is 0 Å². The van der Waals surface area contributed by atoms with Gasteiger partial charge in [0.05, 0.1) is 5.69 Å². The highest BCUT2D eigenvalue weighted by Gasteiger charge is 2.24. The summed E-state index contributed by atoms with van der Waals surface area (Å²) in [7, 11) is -2.60. The molecule has 0 aliphatic heterocycles. The summed E-state index contributed by atoms with van der Waals surface area (Å²) in [5.74, 6) is -0.788. The smallest absolute Gasteiger partial charge is 0.266 e. The van der Waals surface area contributed by atoms with Crippen molar-refractivity contribution in [2.24, 2.45) is 5.73 Å². The van der Waals surface area contributed by atoms with Crippen LogP contribution in [0.4, 0.5) is 10.1 Å². The molecule has 0 aromatic heterocycles. The van der Waals surface area contributed by atoms with E-state index in [1.807, 2.05) is 0 Å². The van der Waals surface area contributed by atoms with Gasteiger partial charge in [-0.1, -0.05) is 24.4 Å². The summed E-state index contributed by atoms with van der Waals surface area (Å²) in [6.45, 7) is 0. The molecule has 0 heterocycles. The largest absolute Gasteiger partial charge is 0.389 e. The normalized spacial score (nSPS) is 11.1. The van der Waals surface area contributed by atoms with E-state index < -0.39 is 15.8 Å². The molecule has 0 radical (unpaired) electrons. The van der Waals surface area contributed by atoms with Crippen molar-refractivity contribution in [3.8, 4) is 0 Å². The van der Waals surface area contributed by atoms with Crippen molar-refractivity contribution in [3.63, 3.8) is 0 Å². The van der Waals surface area contributed by atoms with Gasteiger partial charge in [0.2, 0.25) is 0 Å². The molecule has 0 bridgehead atoms. The summed E-state index contributed by atoms with van der Waals surface area (Å²) in [6.07, 6.45) is 0. The fourth-order valence-corrected chi connectivity index (χ4v) is 3.17. The molecule has 0 aliphatic carbocycles. The van der Waals surface area contributed by atoms with E-state index in [9.17, 15) is 12.8 Å². The Kier molecular flexibility index (Phi) is 4.24. The Morgan fingerprint density at radius 2 is 1.71 bits per heavy atom. The molecule has 0 unspecified atom stereocenters. The van der Waals surface area contributed by atoms with Gasteiger partial charge >= 0.3 is 0 Å². The maximum absolute atomic E-state index is 13.7. The Labute approximate surface area is 128 Å². The van der Waals surface area contributed by atoms with Gasteiger partial charge in [-0.15, -0.1) is 0 Å². The van der Waals surface area contributed by atoms with Crippen molar-refractivity contribution >= 4 is 32.9 Å². The van der Waals surface area contributed by atoms with Crippen LogP contribution >= 0.6 is 12.2 Å². The Balaban J connectivity index is 2.41. The summed E-state index contributed by atoms with van der Waals surface area (Å²) >= 11 is 4.83. The zero-order valence-corrected chi connectivity index (χ0v) is 12.8. The van der Waals surface area contributed by atoms with Crippen LogP contribution in [-0.2, 0) is 10.0 Å². The molecule has 110 valence electrons. The van der Waals surface area contributed by atoms with Gasteiger partial charge in [0.1, 0.15) is 15.7 Å². The third-order valence-corrected chi connectivity index (χ3v) is 5.05. The molecule has 2 aromatic carbocycles. The first-order chi connectivity index (χ1) is 9.84. The second-order valence-electron chi connectivity index (χ2n) is 4.31. The van der Waals surface area contributed by atoms with Gasteiger partial charge in [-0.2, -0.15) is 0 Å². The molecule has 2 rings (SSSR count). The predicted octanol–water partition coefficient (Wildman–Crippen LogP) is 2.29. The average Bonchev–Trinajstić information content (AvgIpc) is 2.46. The Hall–Kier alpha value is -1.99. The molecule has 0 atom stereocenters. The van der Waals surface area contributed by atoms with Gasteiger partial charge in [-0.25, -0.2) is 12.8 Å². The first-order valence-electron chi connectivity index (χ1n) is 5.97. The van der Waals surface area contributed by atoms with Crippen molar-refractivity contribution in [2.45, 2.75) is 4.90 Å². The number of nitrogens with zero attached hydrogens (tertiary/aromatic N) is 1. The highest BCUT2D eigenvalue weighted by molar-refractivity contribution is 7.92. The van der Waals surface area contributed by atoms with Gasteiger partial charge in [0.15, 0.2) is 0 Å². The monoisotopic (exact) mass is 324 g/mol. The maximum Gasteiger partial charge on any atom is 0.266 e. The fourth-order valence-electron chi connectivity index (χ4n) is 1.78. The number of anilines is 1. The lowest BCUT2D eigenvalue weighted by atomic mass is 10.2. The lowest BCUT2D eigenvalue weighted by molar-refractivity contribution is 0.566. The molecule has 2 aromatic rings. The van der Waals surface area contributed by atoms with Crippen molar-refractivity contribution in [1.82, 2.24) is 0 Å². The van der Waals surface area contributed by atoms with Gasteiger partial charge < -0.3 is 5.73 Å². The molecule has 0 fully saturated rings. The van der Waals surface area contributed by atoms with E-state index in [4.69, 9.17) is 18.0 Å². The topological polar surface area (TPSA) is 63.4 Å². The minimum absolute atomic E-state index is 0.223. The highest BCUT2D eigenvalue weighted by Crippen LogP contribution is 2.24. The molecule has 0 aliphatic rings. The summed E-state index contributed by atoms with van der Waals surface area (Å²) in [5.41, 5.74) is 6.50. The second-order valence-corrected chi connectivity index (χ2v) is 6.69. The van der Waals surface area contributed by atoms with Crippen molar-refractivity contribution in [2.75, 3.05) is 11.4 Å². The number of hydrogen-bond acceptors (Lipinski definition) is 3. The number of halogens is 1. The Morgan fingerprint density at radius 1 is 1.14 bits per heavy atom. The molecule has 4 nitrogen and oxygen atoms in total. The quantitative estimate of drug-likeness (QED) is 0.877. The van der Waals surface area contributed by atoms with Crippen molar-refractivity contribution < 1.29 is 12.8 Å². The van der Waals surface area contributed by atoms with Crippen molar-refractivity contribution in [1.29, 1.82) is 0 Å². The lowest BCUT2D eigenvalue weighted by Gasteiger charge is -2.20. The van der Waals surface area contributed by atoms with Crippen LogP contribution in [0.3, 0.4) is 0 Å². The van der Waals surface area contributed by atoms with Crippen LogP contribution in [0, 0.1) is 5.82 Å². The van der Waals surface area contributed by atoms with E-state index in [-0.39, 0.29) is 9.88 Å². The highest BCUT2D eigenvalue weighted by atomic mass is 32.2. The van der Waals surface area contributed by atoms with E-state index in [2.05, 4.69) is 0 Å². The molecule has 21 heavy (non-hydrogen) atoms. The zero-order valence-electron chi connectivity index (χ0n) is 11.2. The average molecular weight is 324 g/mol. The van der Waals surface area contributed by atoms with Gasteiger partial charge in [-0.3, -0.25) is 4.31 Å². The number of sulfonamides is 1. The Morgan fingerprint density at radius 3 is 2.24 bits per heavy atom. The first-order valence-corrected chi connectivity index (χ1v) is 7.82. The number of rotatable bonds is 4. The number of benzene rings is 2. The Bertz CT molecular complexity index is 774. The number of nitrogens with two attached hydrogens (primary N) is 1. The molecular weight excluding hydrogens is 311 g/mol. The summed E-state index contributed by atoms with van der Waals surface area (Å²) in [6, 6.07) is 11.6.